The van der Waals surface area contributed by atoms with E-state index >= 15 is 0 Å². The van der Waals surface area contributed by atoms with Gasteiger partial charge in [0.15, 0.2) is 5.58 Å². The second kappa shape index (κ2) is 2.26. The van der Waals surface area contributed by atoms with Crippen LogP contribution in [-0.4, -0.2) is 15.2 Å². The van der Waals surface area contributed by atoms with Crippen molar-refractivity contribution in [2.45, 2.75) is 0 Å². The molecule has 0 aliphatic heterocycles. The fourth-order valence-corrected chi connectivity index (χ4v) is 1.37. The van der Waals surface area contributed by atoms with Gasteiger partial charge >= 0.3 is 0 Å². The first-order valence-corrected chi connectivity index (χ1v) is 3.89. The molecule has 0 spiro atoms. The molecule has 0 saturated heterocycles. The van der Waals surface area contributed by atoms with Crippen LogP contribution < -0.4 is 0 Å². The Kier molecular flexibility index (Phi) is 1.14. The average molecular weight is 171 g/mol. The van der Waals surface area contributed by atoms with Crippen molar-refractivity contribution in [3.8, 4) is 0 Å². The molecule has 0 aliphatic carbocycles. The summed E-state index contributed by atoms with van der Waals surface area (Å²) < 4.78 is 5.44. The van der Waals surface area contributed by atoms with E-state index in [1.54, 1.807) is 18.6 Å². The zero-order valence-corrected chi connectivity index (χ0v) is 6.64. The van der Waals surface area contributed by atoms with E-state index in [1.807, 2.05) is 12.1 Å². The summed E-state index contributed by atoms with van der Waals surface area (Å²) in [5.74, 6) is 0. The molecule has 0 fully saturated rings. The smallest absolute Gasteiger partial charge is 0.227 e. The average Bonchev–Trinajstić information content (AvgIpc) is 2.56. The summed E-state index contributed by atoms with van der Waals surface area (Å²) >= 11 is 0. The SMILES string of the molecule is c1cnc2oc3cnncc3c2c1. The van der Waals surface area contributed by atoms with Gasteiger partial charge < -0.3 is 4.42 Å². The first kappa shape index (κ1) is 6.54. The maximum atomic E-state index is 5.44. The first-order valence-electron chi connectivity index (χ1n) is 3.89. The highest BCUT2D eigenvalue weighted by molar-refractivity contribution is 6.02. The molecule has 0 unspecified atom stereocenters. The number of fused-ring (bicyclic) bond motifs is 3. The van der Waals surface area contributed by atoms with Crippen LogP contribution in [0, 0.1) is 0 Å². The Hall–Kier alpha value is -1.97. The lowest BCUT2D eigenvalue weighted by atomic mass is 10.2. The molecule has 0 aromatic carbocycles. The zero-order valence-electron chi connectivity index (χ0n) is 6.64. The monoisotopic (exact) mass is 171 g/mol. The Labute approximate surface area is 73.2 Å². The molecule has 0 N–H and O–H groups in total. The molecule has 0 atom stereocenters. The number of aromatic nitrogens is 3. The van der Waals surface area contributed by atoms with Crippen LogP contribution in [0.4, 0.5) is 0 Å². The Bertz CT molecular complexity index is 523. The van der Waals surface area contributed by atoms with Crippen LogP contribution in [0.2, 0.25) is 0 Å². The number of nitrogens with zero attached hydrogens (tertiary/aromatic N) is 3. The van der Waals surface area contributed by atoms with Crippen LogP contribution in [0.25, 0.3) is 22.1 Å². The van der Waals surface area contributed by atoms with Gasteiger partial charge in [0, 0.05) is 11.6 Å². The van der Waals surface area contributed by atoms with E-state index in [1.165, 1.54) is 0 Å². The minimum Gasteiger partial charge on any atom is -0.436 e. The van der Waals surface area contributed by atoms with E-state index in [0.29, 0.717) is 5.71 Å². The minimum atomic E-state index is 0.632. The molecular formula is C9H5N3O. The largest absolute Gasteiger partial charge is 0.436 e. The lowest BCUT2D eigenvalue weighted by molar-refractivity contribution is 0.650. The third kappa shape index (κ3) is 0.823. The number of hydrogen-bond donors (Lipinski definition) is 0. The quantitative estimate of drug-likeness (QED) is 0.517. The highest BCUT2D eigenvalue weighted by Crippen LogP contribution is 2.24. The van der Waals surface area contributed by atoms with Gasteiger partial charge in [0.1, 0.15) is 0 Å². The molecule has 4 heteroatoms. The van der Waals surface area contributed by atoms with Crippen molar-refractivity contribution in [2.24, 2.45) is 0 Å². The summed E-state index contributed by atoms with van der Waals surface area (Å²) in [6.07, 6.45) is 4.98. The fourth-order valence-electron chi connectivity index (χ4n) is 1.37. The van der Waals surface area contributed by atoms with Crippen LogP contribution in [0.3, 0.4) is 0 Å². The van der Waals surface area contributed by atoms with Crippen molar-refractivity contribution in [2.75, 3.05) is 0 Å². The number of rotatable bonds is 0. The van der Waals surface area contributed by atoms with Gasteiger partial charge in [-0.25, -0.2) is 4.98 Å². The molecule has 0 aliphatic rings. The van der Waals surface area contributed by atoms with Gasteiger partial charge in [-0.1, -0.05) is 0 Å². The van der Waals surface area contributed by atoms with Crippen molar-refractivity contribution in [3.05, 3.63) is 30.7 Å². The summed E-state index contributed by atoms with van der Waals surface area (Å²) in [5, 5.41) is 9.47. The van der Waals surface area contributed by atoms with Crippen molar-refractivity contribution in [3.63, 3.8) is 0 Å². The van der Waals surface area contributed by atoms with Crippen LogP contribution in [0.1, 0.15) is 0 Å². The Balaban J connectivity index is 2.64. The number of hydrogen-bond acceptors (Lipinski definition) is 4. The van der Waals surface area contributed by atoms with Crippen molar-refractivity contribution in [1.82, 2.24) is 15.2 Å². The minimum absolute atomic E-state index is 0.632. The van der Waals surface area contributed by atoms with E-state index in [2.05, 4.69) is 15.2 Å². The molecular weight excluding hydrogens is 166 g/mol. The van der Waals surface area contributed by atoms with E-state index in [-0.39, 0.29) is 0 Å². The lowest BCUT2D eigenvalue weighted by Gasteiger charge is -1.83. The molecule has 3 aromatic rings. The maximum absolute atomic E-state index is 5.44. The summed E-state index contributed by atoms with van der Waals surface area (Å²) in [5.41, 5.74) is 1.36. The lowest BCUT2D eigenvalue weighted by Crippen LogP contribution is -1.75. The molecule has 4 nitrogen and oxygen atoms in total. The van der Waals surface area contributed by atoms with Gasteiger partial charge in [0.05, 0.1) is 17.8 Å². The molecule has 0 amide bonds. The van der Waals surface area contributed by atoms with Crippen LogP contribution in [-0.2, 0) is 0 Å². The molecule has 0 radical (unpaired) electrons. The van der Waals surface area contributed by atoms with Crippen molar-refractivity contribution in [1.29, 1.82) is 0 Å². The van der Waals surface area contributed by atoms with Crippen molar-refractivity contribution < 1.29 is 4.42 Å². The van der Waals surface area contributed by atoms with Crippen LogP contribution >= 0.6 is 0 Å². The van der Waals surface area contributed by atoms with E-state index in [9.17, 15) is 0 Å². The topological polar surface area (TPSA) is 51.8 Å². The highest BCUT2D eigenvalue weighted by atomic mass is 16.3. The number of furan rings is 1. The predicted molar refractivity (Wildman–Crippen MR) is 47.1 cm³/mol. The van der Waals surface area contributed by atoms with Gasteiger partial charge in [0.25, 0.3) is 0 Å². The second-order valence-electron chi connectivity index (χ2n) is 2.73. The van der Waals surface area contributed by atoms with Gasteiger partial charge in [0.2, 0.25) is 5.71 Å². The van der Waals surface area contributed by atoms with E-state index in [0.717, 1.165) is 16.4 Å². The van der Waals surface area contributed by atoms with Crippen molar-refractivity contribution >= 4 is 22.1 Å². The molecule has 62 valence electrons. The Morgan fingerprint density at radius 1 is 1.08 bits per heavy atom. The fraction of sp³-hybridized carbons (Fsp3) is 0. The molecule has 3 heterocycles. The van der Waals surface area contributed by atoms with Gasteiger partial charge in [-0.2, -0.15) is 10.2 Å². The standard InChI is InChI=1S/C9H5N3O/c1-2-6-7-4-11-12-5-8(7)13-9(6)10-3-1/h1-5H. The summed E-state index contributed by atoms with van der Waals surface area (Å²) in [6.45, 7) is 0. The molecule has 3 aromatic heterocycles. The third-order valence-electron chi connectivity index (χ3n) is 1.96. The first-order chi connectivity index (χ1) is 6.45. The van der Waals surface area contributed by atoms with Crippen LogP contribution in [0.15, 0.2) is 35.1 Å². The van der Waals surface area contributed by atoms with Crippen LogP contribution in [0.5, 0.6) is 0 Å². The van der Waals surface area contributed by atoms with E-state index < -0.39 is 0 Å². The van der Waals surface area contributed by atoms with Gasteiger partial charge in [-0.15, -0.1) is 0 Å². The normalized spacial score (nSPS) is 11.1. The third-order valence-corrected chi connectivity index (χ3v) is 1.96. The summed E-state index contributed by atoms with van der Waals surface area (Å²) in [6, 6.07) is 3.83. The maximum Gasteiger partial charge on any atom is 0.227 e. The summed E-state index contributed by atoms with van der Waals surface area (Å²) in [4.78, 5) is 4.10. The molecule has 13 heavy (non-hydrogen) atoms. The Morgan fingerprint density at radius 2 is 2.00 bits per heavy atom. The predicted octanol–water partition coefficient (Wildman–Crippen LogP) is 1.77. The second-order valence-corrected chi connectivity index (χ2v) is 2.73. The highest BCUT2D eigenvalue weighted by Gasteiger charge is 2.05. The zero-order chi connectivity index (χ0) is 8.67. The van der Waals surface area contributed by atoms with Gasteiger partial charge in [-0.05, 0) is 12.1 Å². The molecule has 0 bridgehead atoms. The van der Waals surface area contributed by atoms with E-state index in [4.69, 9.17) is 4.42 Å². The van der Waals surface area contributed by atoms with Gasteiger partial charge in [-0.3, -0.25) is 0 Å². The molecule has 3 rings (SSSR count). The molecule has 0 saturated carbocycles. The number of pyridine rings is 1. The Morgan fingerprint density at radius 3 is 3.00 bits per heavy atom. The summed E-state index contributed by atoms with van der Waals surface area (Å²) in [7, 11) is 0.